The van der Waals surface area contributed by atoms with Gasteiger partial charge in [-0.3, -0.25) is 4.57 Å². The molecule has 1 saturated carbocycles. The Hall–Kier alpha value is -3.08. The van der Waals surface area contributed by atoms with Crippen molar-refractivity contribution in [3.8, 4) is 0 Å². The highest BCUT2D eigenvalue weighted by atomic mass is 16.6. The van der Waals surface area contributed by atoms with Crippen LogP contribution in [0.3, 0.4) is 0 Å². The number of rotatable bonds is 6. The molecule has 0 bridgehead atoms. The summed E-state index contributed by atoms with van der Waals surface area (Å²) < 4.78 is 12.7. The molecule has 1 aromatic carbocycles. The van der Waals surface area contributed by atoms with Crippen LogP contribution in [0.5, 0.6) is 0 Å². The minimum atomic E-state index is -1.24. The molecule has 3 heterocycles. The molecule has 1 aliphatic heterocycles. The quantitative estimate of drug-likeness (QED) is 0.491. The largest absolute Gasteiger partial charge is 0.459 e. The third kappa shape index (κ3) is 3.92. The van der Waals surface area contributed by atoms with E-state index in [-0.39, 0.29) is 6.61 Å². The van der Waals surface area contributed by atoms with Crippen LogP contribution in [-0.2, 0) is 9.47 Å². The van der Waals surface area contributed by atoms with E-state index in [2.05, 4.69) is 20.3 Å². The average Bonchev–Trinajstić information content (AvgIpc) is 3.54. The number of anilines is 1. The van der Waals surface area contributed by atoms with Crippen LogP contribution in [0.25, 0.3) is 11.2 Å². The zero-order valence-corrected chi connectivity index (χ0v) is 17.4. The summed E-state index contributed by atoms with van der Waals surface area (Å²) in [5.41, 5.74) is 1.46. The third-order valence-corrected chi connectivity index (χ3v) is 6.05. The summed E-state index contributed by atoms with van der Waals surface area (Å²) in [6, 6.07) is 8.91. The number of carbonyl (C=O) groups excluding carboxylic acids is 1. The van der Waals surface area contributed by atoms with Crippen LogP contribution < -0.4 is 5.32 Å². The summed E-state index contributed by atoms with van der Waals surface area (Å²) in [4.78, 5) is 25.3. The van der Waals surface area contributed by atoms with Gasteiger partial charge in [0.2, 0.25) is 0 Å². The lowest BCUT2D eigenvalue weighted by atomic mass is 10.1. The second-order valence-electron chi connectivity index (χ2n) is 8.18. The topological polar surface area (TPSA) is 132 Å². The SMILES string of the molecule is O=C(OC[C@H]1O[C@@H](n2cnc3c(NC4CCCC4)ncnc32)[C@H](O)[C@@H]1O)c1ccccc1. The van der Waals surface area contributed by atoms with E-state index in [9.17, 15) is 15.0 Å². The molecule has 2 aliphatic rings. The van der Waals surface area contributed by atoms with Gasteiger partial charge in [-0.1, -0.05) is 31.0 Å². The number of carbonyl (C=O) groups is 1. The number of hydrogen-bond donors (Lipinski definition) is 3. The number of benzene rings is 1. The molecule has 2 aromatic heterocycles. The summed E-state index contributed by atoms with van der Waals surface area (Å²) in [7, 11) is 0. The average molecular weight is 439 g/mol. The molecule has 1 aliphatic carbocycles. The number of esters is 1. The van der Waals surface area contributed by atoms with E-state index in [1.807, 2.05) is 0 Å². The Labute approximate surface area is 184 Å². The zero-order valence-electron chi connectivity index (χ0n) is 17.4. The first kappa shape index (κ1) is 20.8. The number of hydrogen-bond acceptors (Lipinski definition) is 9. The first-order chi connectivity index (χ1) is 15.6. The van der Waals surface area contributed by atoms with Crippen molar-refractivity contribution in [3.05, 3.63) is 48.5 Å². The van der Waals surface area contributed by atoms with E-state index >= 15 is 0 Å². The Bertz CT molecular complexity index is 1080. The Balaban J connectivity index is 1.31. The van der Waals surface area contributed by atoms with Gasteiger partial charge in [0.1, 0.15) is 31.2 Å². The fourth-order valence-electron chi connectivity index (χ4n) is 4.32. The molecule has 0 unspecified atom stereocenters. The zero-order chi connectivity index (χ0) is 22.1. The molecule has 10 heteroatoms. The monoisotopic (exact) mass is 439 g/mol. The van der Waals surface area contributed by atoms with E-state index in [0.717, 1.165) is 12.8 Å². The smallest absolute Gasteiger partial charge is 0.338 e. The van der Waals surface area contributed by atoms with Gasteiger partial charge in [0, 0.05) is 6.04 Å². The summed E-state index contributed by atoms with van der Waals surface area (Å²) in [5.74, 6) is 0.116. The van der Waals surface area contributed by atoms with E-state index in [1.165, 1.54) is 25.5 Å². The van der Waals surface area contributed by atoms with Gasteiger partial charge in [-0.05, 0) is 25.0 Å². The Morgan fingerprint density at radius 1 is 1.12 bits per heavy atom. The molecule has 0 radical (unpaired) electrons. The standard InChI is InChI=1S/C22H25N5O5/c28-17-15(10-31-22(30)13-6-2-1-3-7-13)32-21(18(17)29)27-12-25-16-19(23-11-24-20(16)27)26-14-8-4-5-9-14/h1-3,6-7,11-12,14-15,17-18,21,28-29H,4-5,8-10H2,(H,23,24,26)/t15-,17-,18-,21-/m1/s1. The van der Waals surface area contributed by atoms with Crippen molar-refractivity contribution in [3.63, 3.8) is 0 Å². The van der Waals surface area contributed by atoms with E-state index in [4.69, 9.17) is 9.47 Å². The highest BCUT2D eigenvalue weighted by molar-refractivity contribution is 5.89. The van der Waals surface area contributed by atoms with Crippen LogP contribution in [0.1, 0.15) is 42.3 Å². The van der Waals surface area contributed by atoms with Crippen LogP contribution in [0, 0.1) is 0 Å². The molecular weight excluding hydrogens is 414 g/mol. The van der Waals surface area contributed by atoms with E-state index < -0.39 is 30.5 Å². The number of imidazole rings is 1. The second-order valence-corrected chi connectivity index (χ2v) is 8.18. The second kappa shape index (κ2) is 8.81. The van der Waals surface area contributed by atoms with Crippen molar-refractivity contribution in [1.29, 1.82) is 0 Å². The minimum Gasteiger partial charge on any atom is -0.459 e. The molecule has 168 valence electrons. The molecule has 10 nitrogen and oxygen atoms in total. The fourth-order valence-corrected chi connectivity index (χ4v) is 4.32. The van der Waals surface area contributed by atoms with Crippen molar-refractivity contribution >= 4 is 23.0 Å². The maximum atomic E-state index is 12.2. The van der Waals surface area contributed by atoms with Crippen LogP contribution >= 0.6 is 0 Å². The first-order valence-electron chi connectivity index (χ1n) is 10.8. The maximum absolute atomic E-state index is 12.2. The molecule has 2 fully saturated rings. The third-order valence-electron chi connectivity index (χ3n) is 6.05. The van der Waals surface area contributed by atoms with Crippen molar-refractivity contribution in [2.45, 2.75) is 56.3 Å². The summed E-state index contributed by atoms with van der Waals surface area (Å²) >= 11 is 0. The molecule has 4 atom stereocenters. The van der Waals surface area contributed by atoms with Gasteiger partial charge in [-0.25, -0.2) is 19.7 Å². The lowest BCUT2D eigenvalue weighted by molar-refractivity contribution is -0.0565. The van der Waals surface area contributed by atoms with Gasteiger partial charge >= 0.3 is 5.97 Å². The minimum absolute atomic E-state index is 0.196. The summed E-state index contributed by atoms with van der Waals surface area (Å²) in [5, 5.41) is 24.5. The van der Waals surface area contributed by atoms with Crippen molar-refractivity contribution in [2.24, 2.45) is 0 Å². The Kier molecular flexibility index (Phi) is 5.73. The maximum Gasteiger partial charge on any atom is 0.338 e. The summed E-state index contributed by atoms with van der Waals surface area (Å²) in [6.45, 7) is -0.196. The van der Waals surface area contributed by atoms with Crippen molar-refractivity contribution < 1.29 is 24.5 Å². The van der Waals surface area contributed by atoms with Crippen LogP contribution in [0.2, 0.25) is 0 Å². The molecular formula is C22H25N5O5. The van der Waals surface area contributed by atoms with E-state index in [1.54, 1.807) is 34.9 Å². The predicted molar refractivity (Wildman–Crippen MR) is 114 cm³/mol. The van der Waals surface area contributed by atoms with Gasteiger partial charge in [-0.15, -0.1) is 0 Å². The molecule has 1 saturated heterocycles. The highest BCUT2D eigenvalue weighted by Crippen LogP contribution is 2.33. The van der Waals surface area contributed by atoms with Crippen LogP contribution in [-0.4, -0.2) is 66.7 Å². The lowest BCUT2D eigenvalue weighted by Gasteiger charge is -2.17. The number of aliphatic hydroxyl groups excluding tert-OH is 2. The van der Waals surface area contributed by atoms with Gasteiger partial charge in [0.05, 0.1) is 11.9 Å². The number of ether oxygens (including phenoxy) is 2. The molecule has 0 amide bonds. The fraction of sp³-hybridized carbons (Fsp3) is 0.455. The first-order valence-corrected chi connectivity index (χ1v) is 10.8. The van der Waals surface area contributed by atoms with Crippen LogP contribution in [0.15, 0.2) is 43.0 Å². The molecule has 32 heavy (non-hydrogen) atoms. The van der Waals surface area contributed by atoms with Gasteiger partial charge in [0.15, 0.2) is 23.2 Å². The summed E-state index contributed by atoms with van der Waals surface area (Å²) in [6.07, 6.45) is 3.22. The van der Waals surface area contributed by atoms with Gasteiger partial charge < -0.3 is 25.0 Å². The van der Waals surface area contributed by atoms with Gasteiger partial charge in [-0.2, -0.15) is 0 Å². The normalized spacial score (nSPS) is 25.9. The van der Waals surface area contributed by atoms with Crippen molar-refractivity contribution in [1.82, 2.24) is 19.5 Å². The molecule has 5 rings (SSSR count). The molecule has 0 spiro atoms. The van der Waals surface area contributed by atoms with E-state index in [0.29, 0.717) is 28.6 Å². The highest BCUT2D eigenvalue weighted by Gasteiger charge is 2.45. The predicted octanol–water partition coefficient (Wildman–Crippen LogP) is 1.66. The number of aromatic nitrogens is 4. The lowest BCUT2D eigenvalue weighted by Crippen LogP contribution is -2.34. The van der Waals surface area contributed by atoms with Crippen LogP contribution in [0.4, 0.5) is 5.82 Å². The molecule has 3 aromatic rings. The molecule has 3 N–H and O–H groups in total. The number of nitrogens with zero attached hydrogens (tertiary/aromatic N) is 4. The number of fused-ring (bicyclic) bond motifs is 1. The Morgan fingerprint density at radius 3 is 2.69 bits per heavy atom. The van der Waals surface area contributed by atoms with Gasteiger partial charge in [0.25, 0.3) is 0 Å². The number of nitrogens with one attached hydrogen (secondary N) is 1. The van der Waals surface area contributed by atoms with Crippen molar-refractivity contribution in [2.75, 3.05) is 11.9 Å². The Morgan fingerprint density at radius 2 is 1.91 bits per heavy atom. The number of aliphatic hydroxyl groups is 2.